The smallest absolute Gasteiger partial charge is 0.241 e. The second-order valence-electron chi connectivity index (χ2n) is 5.49. The Bertz CT molecular complexity index is 592. The fourth-order valence-corrected chi connectivity index (χ4v) is 2.65. The normalized spacial score (nSPS) is 17.5. The van der Waals surface area contributed by atoms with Crippen molar-refractivity contribution >= 4 is 18.3 Å². The Balaban J connectivity index is 0.00000192. The van der Waals surface area contributed by atoms with Crippen LogP contribution in [0.5, 0.6) is 0 Å². The minimum absolute atomic E-state index is 0. The number of hydrogen-bond acceptors (Lipinski definition) is 5. The average Bonchev–Trinajstić information content (AvgIpc) is 3.20. The van der Waals surface area contributed by atoms with Crippen LogP contribution in [-0.2, 0) is 17.9 Å². The van der Waals surface area contributed by atoms with E-state index in [0.717, 1.165) is 25.2 Å². The lowest BCUT2D eigenvalue weighted by Crippen LogP contribution is -2.31. The first kappa shape index (κ1) is 17.4. The average molecular weight is 340 g/mol. The van der Waals surface area contributed by atoms with E-state index in [1.54, 1.807) is 15.7 Å². The highest BCUT2D eigenvalue weighted by atomic mass is 35.5. The molecule has 1 aliphatic heterocycles. The van der Waals surface area contributed by atoms with Crippen molar-refractivity contribution in [2.75, 3.05) is 19.6 Å². The van der Waals surface area contributed by atoms with Gasteiger partial charge < -0.3 is 10.6 Å². The fraction of sp³-hybridized carbons (Fsp3) is 0.571. The van der Waals surface area contributed by atoms with E-state index in [1.807, 2.05) is 12.3 Å². The Morgan fingerprint density at radius 3 is 3.09 bits per heavy atom. The van der Waals surface area contributed by atoms with Crippen molar-refractivity contribution in [2.24, 2.45) is 0 Å². The van der Waals surface area contributed by atoms with Gasteiger partial charge >= 0.3 is 0 Å². The molecule has 1 amide bonds. The summed E-state index contributed by atoms with van der Waals surface area (Å²) < 4.78 is 3.39. The summed E-state index contributed by atoms with van der Waals surface area (Å²) in [7, 11) is 0. The van der Waals surface area contributed by atoms with Crippen molar-refractivity contribution in [1.82, 2.24) is 35.2 Å². The van der Waals surface area contributed by atoms with Crippen LogP contribution < -0.4 is 10.6 Å². The Morgan fingerprint density at radius 2 is 2.35 bits per heavy atom. The van der Waals surface area contributed by atoms with Gasteiger partial charge in [0.2, 0.25) is 5.91 Å². The molecule has 126 valence electrons. The Labute approximate surface area is 141 Å². The molecule has 1 saturated heterocycles. The molecule has 1 atom stereocenters. The largest absolute Gasteiger partial charge is 0.353 e. The van der Waals surface area contributed by atoms with E-state index in [4.69, 9.17) is 0 Å². The Morgan fingerprint density at radius 1 is 1.43 bits per heavy atom. The van der Waals surface area contributed by atoms with Gasteiger partial charge in [0.1, 0.15) is 19.2 Å². The van der Waals surface area contributed by atoms with Gasteiger partial charge in [-0.2, -0.15) is 10.2 Å². The third-order valence-electron chi connectivity index (χ3n) is 3.81. The van der Waals surface area contributed by atoms with Crippen molar-refractivity contribution < 1.29 is 4.79 Å². The van der Waals surface area contributed by atoms with E-state index >= 15 is 0 Å². The number of amides is 1. The monoisotopic (exact) mass is 339 g/mol. The molecule has 3 rings (SSSR count). The minimum Gasteiger partial charge on any atom is -0.353 e. The molecule has 0 bridgehead atoms. The van der Waals surface area contributed by atoms with Crippen molar-refractivity contribution in [3.63, 3.8) is 0 Å². The molecule has 1 aliphatic rings. The maximum Gasteiger partial charge on any atom is 0.241 e. The Kier molecular flexibility index (Phi) is 6.54. The molecule has 0 aliphatic carbocycles. The van der Waals surface area contributed by atoms with Crippen LogP contribution in [0, 0.1) is 0 Å². The van der Waals surface area contributed by atoms with Gasteiger partial charge in [-0.3, -0.25) is 14.2 Å². The SMILES string of the molecule is Cl.O=C(Cn1ccc(C2CCCNC2)n1)NCCn1cncn1. The summed E-state index contributed by atoms with van der Waals surface area (Å²) in [5.74, 6) is 0.418. The van der Waals surface area contributed by atoms with Gasteiger partial charge in [-0.25, -0.2) is 4.98 Å². The van der Waals surface area contributed by atoms with Gasteiger partial charge in [0.05, 0.1) is 12.2 Å². The molecule has 1 fully saturated rings. The van der Waals surface area contributed by atoms with E-state index in [2.05, 4.69) is 25.8 Å². The molecule has 0 saturated carbocycles. The van der Waals surface area contributed by atoms with Crippen LogP contribution in [0.1, 0.15) is 24.5 Å². The summed E-state index contributed by atoms with van der Waals surface area (Å²) in [6.07, 6.45) is 7.33. The number of piperidine rings is 1. The van der Waals surface area contributed by atoms with Crippen LogP contribution in [0.25, 0.3) is 0 Å². The number of carbonyl (C=O) groups excluding carboxylic acids is 1. The van der Waals surface area contributed by atoms with Crippen molar-refractivity contribution in [3.8, 4) is 0 Å². The maximum atomic E-state index is 11.9. The van der Waals surface area contributed by atoms with Gasteiger partial charge in [-0.05, 0) is 25.5 Å². The lowest BCUT2D eigenvalue weighted by Gasteiger charge is -2.20. The predicted molar refractivity (Wildman–Crippen MR) is 87.4 cm³/mol. The molecule has 2 aromatic heterocycles. The van der Waals surface area contributed by atoms with Crippen molar-refractivity contribution in [1.29, 1.82) is 0 Å². The zero-order valence-electron chi connectivity index (χ0n) is 12.9. The summed E-state index contributed by atoms with van der Waals surface area (Å²) >= 11 is 0. The quantitative estimate of drug-likeness (QED) is 0.783. The Hall–Kier alpha value is -1.93. The van der Waals surface area contributed by atoms with Crippen LogP contribution in [0.2, 0.25) is 0 Å². The first-order valence-corrected chi connectivity index (χ1v) is 7.64. The molecule has 9 heteroatoms. The third kappa shape index (κ3) is 5.04. The number of rotatable bonds is 6. The van der Waals surface area contributed by atoms with Crippen LogP contribution in [0.4, 0.5) is 0 Å². The summed E-state index contributed by atoms with van der Waals surface area (Å²) in [5.41, 5.74) is 1.07. The molecule has 8 nitrogen and oxygen atoms in total. The first-order chi connectivity index (χ1) is 10.8. The highest BCUT2D eigenvalue weighted by Crippen LogP contribution is 2.21. The first-order valence-electron chi connectivity index (χ1n) is 7.64. The number of aromatic nitrogens is 5. The third-order valence-corrected chi connectivity index (χ3v) is 3.81. The highest BCUT2D eigenvalue weighted by molar-refractivity contribution is 5.85. The van der Waals surface area contributed by atoms with E-state index in [0.29, 0.717) is 19.0 Å². The molecule has 0 spiro atoms. The van der Waals surface area contributed by atoms with Gasteiger partial charge in [0.15, 0.2) is 0 Å². The number of nitrogens with one attached hydrogen (secondary N) is 2. The zero-order chi connectivity index (χ0) is 15.2. The lowest BCUT2D eigenvalue weighted by atomic mass is 9.97. The van der Waals surface area contributed by atoms with E-state index in [1.165, 1.54) is 12.7 Å². The molecule has 0 radical (unpaired) electrons. The van der Waals surface area contributed by atoms with Crippen LogP contribution >= 0.6 is 12.4 Å². The molecule has 0 aromatic carbocycles. The second-order valence-corrected chi connectivity index (χ2v) is 5.49. The van der Waals surface area contributed by atoms with E-state index < -0.39 is 0 Å². The molecule has 1 unspecified atom stereocenters. The highest BCUT2D eigenvalue weighted by Gasteiger charge is 2.17. The van der Waals surface area contributed by atoms with Crippen LogP contribution in [0.3, 0.4) is 0 Å². The van der Waals surface area contributed by atoms with Crippen LogP contribution in [0.15, 0.2) is 24.9 Å². The fourth-order valence-electron chi connectivity index (χ4n) is 2.65. The van der Waals surface area contributed by atoms with Crippen LogP contribution in [-0.4, -0.2) is 50.1 Å². The van der Waals surface area contributed by atoms with Gasteiger partial charge in [0.25, 0.3) is 0 Å². The molecular weight excluding hydrogens is 318 g/mol. The van der Waals surface area contributed by atoms with Gasteiger partial charge in [-0.15, -0.1) is 12.4 Å². The standard InChI is InChI=1S/C14H21N7O.ClH/c22-14(17-5-7-21-11-16-10-18-21)9-20-6-3-13(19-20)12-2-1-4-15-8-12;/h3,6,10-12,15H,1-2,4-5,7-9H2,(H,17,22);1H. The molecule has 23 heavy (non-hydrogen) atoms. The molecular formula is C14H22ClN7O. The second kappa shape index (κ2) is 8.64. The number of carbonyl (C=O) groups is 1. The maximum absolute atomic E-state index is 11.9. The van der Waals surface area contributed by atoms with Gasteiger partial charge in [0, 0.05) is 25.2 Å². The molecule has 2 N–H and O–H groups in total. The van der Waals surface area contributed by atoms with E-state index in [-0.39, 0.29) is 24.9 Å². The summed E-state index contributed by atoms with van der Waals surface area (Å²) in [5, 5.41) is 14.7. The topological polar surface area (TPSA) is 89.7 Å². The predicted octanol–water partition coefficient (Wildman–Crippen LogP) is 0.180. The lowest BCUT2D eigenvalue weighted by molar-refractivity contribution is -0.121. The summed E-state index contributed by atoms with van der Waals surface area (Å²) in [6.45, 7) is 3.46. The summed E-state index contributed by atoms with van der Waals surface area (Å²) in [6, 6.07) is 2.01. The minimum atomic E-state index is -0.0449. The number of halogens is 1. The number of nitrogens with zero attached hydrogens (tertiary/aromatic N) is 5. The van der Waals surface area contributed by atoms with Crippen molar-refractivity contribution in [2.45, 2.75) is 31.8 Å². The van der Waals surface area contributed by atoms with Gasteiger partial charge in [-0.1, -0.05) is 0 Å². The van der Waals surface area contributed by atoms with Crippen molar-refractivity contribution in [3.05, 3.63) is 30.6 Å². The summed E-state index contributed by atoms with van der Waals surface area (Å²) in [4.78, 5) is 15.8. The molecule has 2 aromatic rings. The van der Waals surface area contributed by atoms with E-state index in [9.17, 15) is 4.79 Å². The zero-order valence-corrected chi connectivity index (χ0v) is 13.7. The molecule has 3 heterocycles. The number of hydrogen-bond donors (Lipinski definition) is 2.